The van der Waals surface area contributed by atoms with E-state index >= 15 is 0 Å². The maximum atomic E-state index is 14.6. The number of carbonyl (C=O) groups excluding carboxylic acids is 2. The highest BCUT2D eigenvalue weighted by molar-refractivity contribution is 6.16. The number of hydrogen-bond acceptors (Lipinski definition) is 9. The Balaban J connectivity index is 0.000000182. The van der Waals surface area contributed by atoms with Crippen LogP contribution in [0.15, 0.2) is 106 Å². The van der Waals surface area contributed by atoms with Gasteiger partial charge in [-0.15, -0.1) is 0 Å². The van der Waals surface area contributed by atoms with Crippen molar-refractivity contribution in [2.24, 2.45) is 4.99 Å². The van der Waals surface area contributed by atoms with Gasteiger partial charge >= 0.3 is 11.9 Å². The SMILES string of the molecule is CCOC(=O)C(C=Nc1cc2ccccc2cc1N)=C(O)c1cc(F)c(F)c(F)c1F.CCOC(=O)c1cn2c3c(c(F)c(F)cc3c1=O)Nc1cc3ccccc3cc1-2. The highest BCUT2D eigenvalue weighted by Gasteiger charge is 2.28. The summed E-state index contributed by atoms with van der Waals surface area (Å²) in [7, 11) is 0. The molecule has 0 atom stereocenters. The molecular weight excluding hydrogens is 794 g/mol. The van der Waals surface area contributed by atoms with Crippen LogP contribution >= 0.6 is 0 Å². The van der Waals surface area contributed by atoms with Crippen molar-refractivity contribution in [2.45, 2.75) is 13.8 Å². The van der Waals surface area contributed by atoms with E-state index in [0.29, 0.717) is 11.4 Å². The van der Waals surface area contributed by atoms with Gasteiger partial charge in [0, 0.05) is 12.4 Å². The average Bonchev–Trinajstić information content (AvgIpc) is 3.23. The lowest BCUT2D eigenvalue weighted by atomic mass is 10.0. The van der Waals surface area contributed by atoms with Crippen LogP contribution in [0.4, 0.5) is 49.1 Å². The molecule has 7 aromatic rings. The van der Waals surface area contributed by atoms with Crippen LogP contribution in [0.5, 0.6) is 0 Å². The third kappa shape index (κ3) is 7.34. The molecule has 304 valence electrons. The van der Waals surface area contributed by atoms with Crippen LogP contribution in [0, 0.1) is 34.9 Å². The second kappa shape index (κ2) is 16.3. The minimum absolute atomic E-state index is 0.0854. The molecule has 8 rings (SSSR count). The summed E-state index contributed by atoms with van der Waals surface area (Å²) in [6, 6.07) is 22.8. The first-order valence-corrected chi connectivity index (χ1v) is 18.0. The zero-order valence-corrected chi connectivity index (χ0v) is 31.4. The Bertz CT molecular complexity index is 3060. The molecule has 0 bridgehead atoms. The van der Waals surface area contributed by atoms with E-state index in [4.69, 9.17) is 15.2 Å². The van der Waals surface area contributed by atoms with Crippen LogP contribution < -0.4 is 16.5 Å². The fourth-order valence-electron chi connectivity index (χ4n) is 6.56. The fraction of sp³-hybridized carbons (Fsp3) is 0.0909. The first-order chi connectivity index (χ1) is 28.7. The third-order valence-electron chi connectivity index (χ3n) is 9.40. The number of fused-ring (bicyclic) bond motifs is 4. The molecule has 0 saturated carbocycles. The predicted molar refractivity (Wildman–Crippen MR) is 215 cm³/mol. The Labute approximate surface area is 335 Å². The number of aromatic nitrogens is 1. The van der Waals surface area contributed by atoms with Gasteiger partial charge in [-0.05, 0) is 71.8 Å². The number of nitrogen functional groups attached to an aromatic ring is 1. The van der Waals surface area contributed by atoms with Crippen molar-refractivity contribution >= 4 is 79.1 Å². The number of carbonyl (C=O) groups is 2. The summed E-state index contributed by atoms with van der Waals surface area (Å²) >= 11 is 0. The lowest BCUT2D eigenvalue weighted by Crippen LogP contribution is -2.23. The number of hydrogen-bond donors (Lipinski definition) is 3. The van der Waals surface area contributed by atoms with Gasteiger partial charge in [0.2, 0.25) is 5.43 Å². The van der Waals surface area contributed by atoms with Crippen molar-refractivity contribution < 1.29 is 50.5 Å². The lowest BCUT2D eigenvalue weighted by molar-refractivity contribution is -0.137. The van der Waals surface area contributed by atoms with E-state index in [-0.39, 0.29) is 52.8 Å². The summed E-state index contributed by atoms with van der Waals surface area (Å²) in [5.74, 6) is -13.2. The number of rotatable bonds is 7. The molecule has 0 amide bonds. The fourth-order valence-corrected chi connectivity index (χ4v) is 6.56. The molecule has 0 radical (unpaired) electrons. The minimum atomic E-state index is -2.14. The van der Waals surface area contributed by atoms with Gasteiger partial charge in [0.25, 0.3) is 0 Å². The van der Waals surface area contributed by atoms with Gasteiger partial charge in [-0.3, -0.25) is 9.79 Å². The van der Waals surface area contributed by atoms with Gasteiger partial charge < -0.3 is 30.2 Å². The Morgan fingerprint density at radius 2 is 1.37 bits per heavy atom. The van der Waals surface area contributed by atoms with Crippen molar-refractivity contribution in [3.05, 3.63) is 153 Å². The number of nitrogens with zero attached hydrogens (tertiary/aromatic N) is 2. The van der Waals surface area contributed by atoms with Gasteiger partial charge in [0.15, 0.2) is 34.9 Å². The number of aliphatic imine (C=N–C) groups is 1. The summed E-state index contributed by atoms with van der Waals surface area (Å²) in [6.07, 6.45) is 2.16. The van der Waals surface area contributed by atoms with Crippen molar-refractivity contribution in [1.82, 2.24) is 4.57 Å². The molecule has 0 unspecified atom stereocenters. The summed E-state index contributed by atoms with van der Waals surface area (Å²) in [6.45, 7) is 3.07. The standard InChI is InChI=1S/C22H16F4N2O3.C22H14F2N2O3/c1-2-31-22(30)14(21(29)13-9-15(23)19(25)20(26)18(13)24)10-28-17-8-12-6-4-3-5-11(12)7-16(17)27;1-2-29-22(28)14-10-26-17-8-12-6-4-3-5-11(12)7-16(17)25-19-18(24)15(23)9-13(20(19)26)21(14)27/h3-10,29H,2,27H2,1H3;3-10,25H,2H2,1H3. The number of ether oxygens (including phenoxy) is 2. The summed E-state index contributed by atoms with van der Waals surface area (Å²) in [5.41, 5.74) is 4.86. The van der Waals surface area contributed by atoms with Crippen LogP contribution in [0.25, 0.3) is 43.9 Å². The Hall–Kier alpha value is -7.62. The molecule has 16 heteroatoms. The number of aliphatic hydroxyl groups is 1. The Morgan fingerprint density at radius 3 is 2.02 bits per heavy atom. The number of halogens is 6. The number of esters is 2. The molecule has 10 nitrogen and oxygen atoms in total. The maximum absolute atomic E-state index is 14.6. The second-order valence-corrected chi connectivity index (χ2v) is 13.1. The quantitative estimate of drug-likeness (QED) is 0.0211. The monoisotopic (exact) mass is 824 g/mol. The Morgan fingerprint density at radius 1 is 0.767 bits per heavy atom. The highest BCUT2D eigenvalue weighted by Crippen LogP contribution is 2.40. The molecular formula is C44H30F6N4O6. The lowest BCUT2D eigenvalue weighted by Gasteiger charge is -2.26. The molecule has 1 aromatic heterocycles. The topological polar surface area (TPSA) is 145 Å². The molecule has 2 heterocycles. The molecule has 0 aliphatic carbocycles. The number of anilines is 3. The number of nitrogens with two attached hydrogens (primary N) is 1. The molecule has 0 saturated heterocycles. The highest BCUT2D eigenvalue weighted by atomic mass is 19.2. The summed E-state index contributed by atoms with van der Waals surface area (Å²) < 4.78 is 94.7. The predicted octanol–water partition coefficient (Wildman–Crippen LogP) is 9.87. The first-order valence-electron chi connectivity index (χ1n) is 18.0. The van der Waals surface area contributed by atoms with Crippen LogP contribution in [-0.2, 0) is 14.3 Å². The Kier molecular flexibility index (Phi) is 11.0. The van der Waals surface area contributed by atoms with Crippen LogP contribution in [0.3, 0.4) is 0 Å². The molecule has 1 aliphatic rings. The second-order valence-electron chi connectivity index (χ2n) is 13.1. The molecule has 6 aromatic carbocycles. The minimum Gasteiger partial charge on any atom is -0.506 e. The van der Waals surface area contributed by atoms with Gasteiger partial charge in [-0.2, -0.15) is 0 Å². The zero-order chi connectivity index (χ0) is 43.0. The van der Waals surface area contributed by atoms with Crippen LogP contribution in [-0.4, -0.2) is 41.0 Å². The summed E-state index contributed by atoms with van der Waals surface area (Å²) in [4.78, 5) is 41.5. The number of nitrogens with one attached hydrogen (secondary N) is 1. The van der Waals surface area contributed by atoms with Gasteiger partial charge in [-0.25, -0.2) is 35.9 Å². The average molecular weight is 825 g/mol. The molecule has 0 spiro atoms. The van der Waals surface area contributed by atoms with Gasteiger partial charge in [0.1, 0.15) is 22.6 Å². The van der Waals surface area contributed by atoms with Crippen molar-refractivity contribution in [3.8, 4) is 5.69 Å². The van der Waals surface area contributed by atoms with E-state index in [1.54, 1.807) is 35.8 Å². The van der Waals surface area contributed by atoms with Crippen molar-refractivity contribution in [1.29, 1.82) is 0 Å². The van der Waals surface area contributed by atoms with E-state index in [1.807, 2.05) is 48.5 Å². The van der Waals surface area contributed by atoms with Gasteiger partial charge in [0.05, 0.1) is 52.4 Å². The number of benzene rings is 6. The van der Waals surface area contributed by atoms with E-state index < -0.39 is 69.2 Å². The smallest absolute Gasteiger partial charge is 0.343 e. The van der Waals surface area contributed by atoms with Crippen molar-refractivity contribution in [2.75, 3.05) is 24.3 Å². The molecule has 4 N–H and O–H groups in total. The first kappa shape index (κ1) is 40.6. The summed E-state index contributed by atoms with van der Waals surface area (Å²) in [5, 5.41) is 16.6. The van der Waals surface area contributed by atoms with E-state index in [0.717, 1.165) is 33.8 Å². The van der Waals surface area contributed by atoms with E-state index in [1.165, 1.54) is 13.1 Å². The van der Waals surface area contributed by atoms with Crippen LogP contribution in [0.1, 0.15) is 29.8 Å². The van der Waals surface area contributed by atoms with Crippen molar-refractivity contribution in [3.63, 3.8) is 0 Å². The molecule has 1 aliphatic heterocycles. The third-order valence-corrected chi connectivity index (χ3v) is 9.40. The number of pyridine rings is 1. The molecule has 60 heavy (non-hydrogen) atoms. The zero-order valence-electron chi connectivity index (χ0n) is 31.4. The maximum Gasteiger partial charge on any atom is 0.343 e. The van der Waals surface area contributed by atoms with E-state index in [9.17, 15) is 45.8 Å². The largest absolute Gasteiger partial charge is 0.506 e. The van der Waals surface area contributed by atoms with E-state index in [2.05, 4.69) is 10.3 Å². The van der Waals surface area contributed by atoms with Gasteiger partial charge in [-0.1, -0.05) is 48.5 Å². The number of aliphatic hydroxyl groups excluding tert-OH is 1. The molecule has 0 fully saturated rings. The van der Waals surface area contributed by atoms with Crippen LogP contribution in [0.2, 0.25) is 0 Å². The normalized spacial score (nSPS) is 12.1.